The van der Waals surface area contributed by atoms with Crippen LogP contribution in [0.25, 0.3) is 0 Å². The van der Waals surface area contributed by atoms with Crippen LogP contribution in [-0.2, 0) is 6.61 Å². The monoisotopic (exact) mass is 317 g/mol. The Kier molecular flexibility index (Phi) is 6.02. The highest BCUT2D eigenvalue weighted by atomic mass is 16.5. The number of methoxy groups -OCH3 is 1. The van der Waals surface area contributed by atoms with Crippen LogP contribution in [0.1, 0.15) is 42.9 Å². The third-order valence-electron chi connectivity index (χ3n) is 3.40. The number of aromatic amines is 1. The second-order valence-corrected chi connectivity index (χ2v) is 5.41. The van der Waals surface area contributed by atoms with Crippen molar-refractivity contribution >= 4 is 5.91 Å². The number of rotatable bonds is 8. The van der Waals surface area contributed by atoms with E-state index in [1.165, 1.54) is 0 Å². The summed E-state index contributed by atoms with van der Waals surface area (Å²) < 4.78 is 10.8. The molecule has 0 saturated heterocycles. The lowest BCUT2D eigenvalue weighted by molar-refractivity contribution is 0.0933. The van der Waals surface area contributed by atoms with Crippen molar-refractivity contribution in [2.45, 2.75) is 39.3 Å². The Balaban J connectivity index is 1.90. The van der Waals surface area contributed by atoms with Gasteiger partial charge in [0.1, 0.15) is 23.8 Å². The molecule has 0 aliphatic rings. The molecule has 2 aromatic rings. The van der Waals surface area contributed by atoms with E-state index in [0.29, 0.717) is 18.1 Å². The molecule has 1 aromatic carbocycles. The van der Waals surface area contributed by atoms with Gasteiger partial charge in [-0.25, -0.2) is 0 Å². The molecular weight excluding hydrogens is 294 g/mol. The molecule has 0 unspecified atom stereocenters. The van der Waals surface area contributed by atoms with Gasteiger partial charge < -0.3 is 14.8 Å². The lowest BCUT2D eigenvalue weighted by atomic mass is 10.2. The van der Waals surface area contributed by atoms with Crippen LogP contribution in [0.2, 0.25) is 0 Å². The summed E-state index contributed by atoms with van der Waals surface area (Å²) in [5, 5.41) is 9.78. The van der Waals surface area contributed by atoms with Crippen LogP contribution >= 0.6 is 0 Å². The van der Waals surface area contributed by atoms with Crippen LogP contribution in [0.3, 0.4) is 0 Å². The molecule has 2 rings (SSSR count). The molecule has 1 aromatic heterocycles. The highest BCUT2D eigenvalue weighted by molar-refractivity contribution is 5.92. The van der Waals surface area contributed by atoms with Crippen LogP contribution in [-0.4, -0.2) is 29.3 Å². The fraction of sp³-hybridized carbons (Fsp3) is 0.412. The molecule has 23 heavy (non-hydrogen) atoms. The van der Waals surface area contributed by atoms with Crippen molar-refractivity contribution in [1.82, 2.24) is 15.5 Å². The molecule has 1 heterocycles. The number of carbonyl (C=O) groups is 1. The molecule has 6 nitrogen and oxygen atoms in total. The number of amides is 1. The third-order valence-corrected chi connectivity index (χ3v) is 3.40. The number of hydrogen-bond acceptors (Lipinski definition) is 4. The first-order valence-electron chi connectivity index (χ1n) is 7.74. The smallest absolute Gasteiger partial charge is 0.271 e. The van der Waals surface area contributed by atoms with Gasteiger partial charge in [0.25, 0.3) is 5.91 Å². The average molecular weight is 317 g/mol. The predicted octanol–water partition coefficient (Wildman–Crippen LogP) is 2.92. The van der Waals surface area contributed by atoms with Gasteiger partial charge in [0, 0.05) is 12.1 Å². The number of nitrogens with zero attached hydrogens (tertiary/aromatic N) is 1. The largest absolute Gasteiger partial charge is 0.497 e. The molecule has 2 N–H and O–H groups in total. The van der Waals surface area contributed by atoms with Gasteiger partial charge in [0.05, 0.1) is 12.8 Å². The minimum Gasteiger partial charge on any atom is -0.497 e. The van der Waals surface area contributed by atoms with Gasteiger partial charge in [-0.1, -0.05) is 19.4 Å². The molecule has 0 saturated carbocycles. The minimum absolute atomic E-state index is 0.140. The predicted molar refractivity (Wildman–Crippen MR) is 87.7 cm³/mol. The molecule has 6 heteroatoms. The van der Waals surface area contributed by atoms with Gasteiger partial charge in [-0.15, -0.1) is 0 Å². The molecule has 0 fully saturated rings. The number of nitrogens with one attached hydrogen (secondary N) is 2. The zero-order chi connectivity index (χ0) is 16.7. The van der Waals surface area contributed by atoms with Crippen LogP contribution in [0.15, 0.2) is 30.3 Å². The number of hydrogen-bond donors (Lipinski definition) is 2. The van der Waals surface area contributed by atoms with E-state index in [0.717, 1.165) is 24.3 Å². The fourth-order valence-electron chi connectivity index (χ4n) is 2.21. The summed E-state index contributed by atoms with van der Waals surface area (Å²) in [5.74, 6) is 1.26. The van der Waals surface area contributed by atoms with E-state index in [1.807, 2.05) is 25.1 Å². The molecule has 1 amide bonds. The van der Waals surface area contributed by atoms with Crippen molar-refractivity contribution < 1.29 is 14.3 Å². The van der Waals surface area contributed by atoms with Gasteiger partial charge in [-0.2, -0.15) is 5.10 Å². The second kappa shape index (κ2) is 8.22. The van der Waals surface area contributed by atoms with Crippen LogP contribution in [0.5, 0.6) is 11.5 Å². The quantitative estimate of drug-likeness (QED) is 0.785. The minimum atomic E-state index is -0.171. The van der Waals surface area contributed by atoms with E-state index >= 15 is 0 Å². The number of aromatic nitrogens is 2. The van der Waals surface area contributed by atoms with Crippen LogP contribution < -0.4 is 14.8 Å². The molecule has 0 bridgehead atoms. The summed E-state index contributed by atoms with van der Waals surface area (Å²) in [5.41, 5.74) is 1.11. The van der Waals surface area contributed by atoms with Crippen molar-refractivity contribution in [1.29, 1.82) is 0 Å². The number of ether oxygens (including phenoxy) is 2. The molecule has 0 aliphatic heterocycles. The van der Waals surface area contributed by atoms with E-state index in [1.54, 1.807) is 19.2 Å². The third kappa shape index (κ3) is 5.02. The first kappa shape index (κ1) is 16.9. The summed E-state index contributed by atoms with van der Waals surface area (Å²) in [6.07, 6.45) is 1.98. The van der Waals surface area contributed by atoms with E-state index in [-0.39, 0.29) is 11.9 Å². The van der Waals surface area contributed by atoms with E-state index in [2.05, 4.69) is 22.4 Å². The molecule has 1 atom stereocenters. The fourth-order valence-corrected chi connectivity index (χ4v) is 2.21. The van der Waals surface area contributed by atoms with Gasteiger partial charge in [0.2, 0.25) is 0 Å². The van der Waals surface area contributed by atoms with Crippen molar-refractivity contribution in [3.8, 4) is 11.5 Å². The molecular formula is C17H23N3O3. The van der Waals surface area contributed by atoms with Gasteiger partial charge >= 0.3 is 0 Å². The summed E-state index contributed by atoms with van der Waals surface area (Å²) in [7, 11) is 1.61. The van der Waals surface area contributed by atoms with Crippen LogP contribution in [0.4, 0.5) is 0 Å². The zero-order valence-electron chi connectivity index (χ0n) is 13.8. The normalized spacial score (nSPS) is 11.8. The highest BCUT2D eigenvalue weighted by Crippen LogP contribution is 2.19. The van der Waals surface area contributed by atoms with Crippen molar-refractivity contribution in [3.63, 3.8) is 0 Å². The Morgan fingerprint density at radius 2 is 2.13 bits per heavy atom. The Hall–Kier alpha value is -2.50. The Labute approximate surface area is 136 Å². The van der Waals surface area contributed by atoms with Crippen molar-refractivity contribution in [2.24, 2.45) is 0 Å². The first-order valence-corrected chi connectivity index (χ1v) is 7.74. The lowest BCUT2D eigenvalue weighted by Gasteiger charge is -2.10. The average Bonchev–Trinajstić information content (AvgIpc) is 3.02. The number of H-pyrrole nitrogens is 1. The Morgan fingerprint density at radius 1 is 1.35 bits per heavy atom. The highest BCUT2D eigenvalue weighted by Gasteiger charge is 2.13. The molecule has 0 radical (unpaired) electrons. The maximum atomic E-state index is 12.1. The number of benzene rings is 1. The van der Waals surface area contributed by atoms with Crippen LogP contribution in [0, 0.1) is 0 Å². The Morgan fingerprint density at radius 3 is 2.87 bits per heavy atom. The van der Waals surface area contributed by atoms with Gasteiger partial charge in [-0.05, 0) is 31.5 Å². The van der Waals surface area contributed by atoms with E-state index in [9.17, 15) is 4.79 Å². The summed E-state index contributed by atoms with van der Waals surface area (Å²) in [6.45, 7) is 4.38. The van der Waals surface area contributed by atoms with Gasteiger partial charge in [0.15, 0.2) is 0 Å². The lowest BCUT2D eigenvalue weighted by Crippen LogP contribution is -2.32. The second-order valence-electron chi connectivity index (χ2n) is 5.41. The summed E-state index contributed by atoms with van der Waals surface area (Å²) in [6, 6.07) is 9.20. The summed E-state index contributed by atoms with van der Waals surface area (Å²) in [4.78, 5) is 12.1. The zero-order valence-corrected chi connectivity index (χ0v) is 13.8. The molecule has 0 spiro atoms. The molecule has 0 aliphatic carbocycles. The van der Waals surface area contributed by atoms with Gasteiger partial charge in [-0.3, -0.25) is 9.89 Å². The summed E-state index contributed by atoms with van der Waals surface area (Å²) >= 11 is 0. The van der Waals surface area contributed by atoms with E-state index in [4.69, 9.17) is 9.47 Å². The maximum Gasteiger partial charge on any atom is 0.271 e. The standard InChI is InChI=1S/C17H23N3O3/c1-4-6-12(2)18-17(21)16-9-13(19-20-16)11-23-15-8-5-7-14(10-15)22-3/h5,7-10,12H,4,6,11H2,1-3H3,(H,18,21)(H,19,20)/t12-/m0/s1. The Bertz CT molecular complexity index is 640. The topological polar surface area (TPSA) is 76.2 Å². The van der Waals surface area contributed by atoms with Crippen molar-refractivity contribution in [2.75, 3.05) is 7.11 Å². The van der Waals surface area contributed by atoms with E-state index < -0.39 is 0 Å². The van der Waals surface area contributed by atoms with Crippen molar-refractivity contribution in [3.05, 3.63) is 41.7 Å². The first-order chi connectivity index (χ1) is 11.1. The molecule has 124 valence electrons. The SMILES string of the molecule is CCC[C@H](C)NC(=O)c1cc(COc2cccc(OC)c2)[nH]n1. The maximum absolute atomic E-state index is 12.1. The number of carbonyl (C=O) groups excluding carboxylic acids is 1.